The molecular weight excluding hydrogens is 286 g/mol. The molecule has 0 saturated heterocycles. The second-order valence-electron chi connectivity index (χ2n) is 4.78. The molecule has 7 heteroatoms. The molecule has 2 heterocycles. The van der Waals surface area contributed by atoms with Gasteiger partial charge in [0.15, 0.2) is 0 Å². The van der Waals surface area contributed by atoms with Gasteiger partial charge in [-0.15, -0.1) is 0 Å². The molecular formula is C15H10N3O4+. The fourth-order valence-electron chi connectivity index (χ4n) is 2.30. The molecule has 0 atom stereocenters. The summed E-state index contributed by atoms with van der Waals surface area (Å²) in [6, 6.07) is 9.44. The average Bonchev–Trinajstić information content (AvgIpc) is 2.46. The van der Waals surface area contributed by atoms with Crippen molar-refractivity contribution in [1.29, 1.82) is 5.26 Å². The number of nitrogens with two attached hydrogens (primary N) is 1. The first-order valence-electron chi connectivity index (χ1n) is 6.43. The maximum Gasteiger partial charge on any atom is 0.427 e. The van der Waals surface area contributed by atoms with Gasteiger partial charge < -0.3 is 4.42 Å². The number of carbonyl (C=O) groups excluding carboxylic acids is 2. The van der Waals surface area contributed by atoms with E-state index in [1.807, 2.05) is 6.07 Å². The van der Waals surface area contributed by atoms with Gasteiger partial charge in [-0.1, -0.05) is 12.1 Å². The summed E-state index contributed by atoms with van der Waals surface area (Å²) in [6.07, 6.45) is 0.315. The maximum absolute atomic E-state index is 12.0. The van der Waals surface area contributed by atoms with Crippen LogP contribution in [0.1, 0.15) is 27.0 Å². The van der Waals surface area contributed by atoms with Gasteiger partial charge in [0.25, 0.3) is 0 Å². The van der Waals surface area contributed by atoms with E-state index in [1.54, 1.807) is 24.3 Å². The summed E-state index contributed by atoms with van der Waals surface area (Å²) in [5, 5.41) is 12.1. The van der Waals surface area contributed by atoms with Crippen molar-refractivity contribution >= 4 is 17.8 Å². The molecule has 1 aromatic carbocycles. The standard InChI is InChI=1S/C15H9N3O4/c16-7-9-3-1-8(2-4-9)5-10-6-11(19)22-14-12(10)13(20)17-15(21)18-14/h1-4,6H,5H2,(H2,17,18,20,21)/p+1. The smallest absolute Gasteiger partial charge is 0.405 e. The normalized spacial score (nSPS) is 13.2. The second-order valence-corrected chi connectivity index (χ2v) is 4.78. The van der Waals surface area contributed by atoms with Crippen molar-refractivity contribution in [3.8, 4) is 6.07 Å². The number of amides is 3. The third kappa shape index (κ3) is 2.51. The largest absolute Gasteiger partial charge is 0.427 e. The molecule has 1 aliphatic rings. The van der Waals surface area contributed by atoms with Crippen LogP contribution in [0.2, 0.25) is 0 Å². The third-order valence-corrected chi connectivity index (χ3v) is 3.27. The molecule has 22 heavy (non-hydrogen) atoms. The molecule has 0 saturated carbocycles. The molecule has 3 amide bonds. The molecule has 1 aromatic heterocycles. The van der Waals surface area contributed by atoms with Crippen molar-refractivity contribution in [1.82, 2.24) is 0 Å². The predicted molar refractivity (Wildman–Crippen MR) is 74.2 cm³/mol. The molecule has 0 radical (unpaired) electrons. The second kappa shape index (κ2) is 5.27. The Hall–Kier alpha value is -3.24. The van der Waals surface area contributed by atoms with Gasteiger partial charge in [-0.3, -0.25) is 0 Å². The minimum absolute atomic E-state index is 0.117. The Labute approximate surface area is 124 Å². The van der Waals surface area contributed by atoms with E-state index in [1.165, 1.54) is 6.07 Å². The monoisotopic (exact) mass is 296 g/mol. The summed E-state index contributed by atoms with van der Waals surface area (Å²) in [5.74, 6) is -0.611. The molecule has 0 unspecified atom stereocenters. The Morgan fingerprint density at radius 1 is 1.18 bits per heavy atom. The summed E-state index contributed by atoms with van der Waals surface area (Å²) in [5.41, 5.74) is 1.37. The lowest BCUT2D eigenvalue weighted by Crippen LogP contribution is -2.94. The van der Waals surface area contributed by atoms with Crippen molar-refractivity contribution in [3.05, 3.63) is 63.0 Å². The summed E-state index contributed by atoms with van der Waals surface area (Å²) >= 11 is 0. The van der Waals surface area contributed by atoms with E-state index in [0.717, 1.165) is 10.9 Å². The van der Waals surface area contributed by atoms with Crippen LogP contribution in [0.3, 0.4) is 0 Å². The van der Waals surface area contributed by atoms with Gasteiger partial charge in [0, 0.05) is 6.07 Å². The molecule has 0 aliphatic carbocycles. The highest BCUT2D eigenvalue weighted by Gasteiger charge is 2.32. The van der Waals surface area contributed by atoms with E-state index in [2.05, 4.69) is 5.32 Å². The molecule has 1 aliphatic heterocycles. The van der Waals surface area contributed by atoms with Gasteiger partial charge in [-0.25, -0.2) is 19.7 Å². The zero-order valence-corrected chi connectivity index (χ0v) is 11.3. The molecule has 108 valence electrons. The van der Waals surface area contributed by atoms with E-state index >= 15 is 0 Å². The number of carbonyl (C=O) groups is 2. The van der Waals surface area contributed by atoms with Gasteiger partial charge >= 0.3 is 17.6 Å². The topological polar surface area (TPSA) is 117 Å². The van der Waals surface area contributed by atoms with Gasteiger partial charge in [0.2, 0.25) is 5.88 Å². The molecule has 3 rings (SSSR count). The van der Waals surface area contributed by atoms with Crippen LogP contribution >= 0.6 is 0 Å². The van der Waals surface area contributed by atoms with Gasteiger partial charge in [0.1, 0.15) is 5.56 Å². The van der Waals surface area contributed by atoms with Crippen LogP contribution in [0.5, 0.6) is 0 Å². The van der Waals surface area contributed by atoms with E-state index in [9.17, 15) is 14.4 Å². The summed E-state index contributed by atoms with van der Waals surface area (Å²) < 4.78 is 4.88. The Morgan fingerprint density at radius 3 is 2.59 bits per heavy atom. The van der Waals surface area contributed by atoms with Gasteiger partial charge in [-0.2, -0.15) is 10.6 Å². The first-order chi connectivity index (χ1) is 10.6. The Bertz CT molecular complexity index is 875. The van der Waals surface area contributed by atoms with E-state index in [4.69, 9.17) is 9.68 Å². The SMILES string of the molecule is N#Cc1ccc(Cc2cc(=O)oc3c2C(=O)[NH2+]C(=O)N3)cc1. The first-order valence-corrected chi connectivity index (χ1v) is 6.43. The number of primary amides is 2. The van der Waals surface area contributed by atoms with Crippen molar-refractivity contribution in [2.24, 2.45) is 0 Å². The van der Waals surface area contributed by atoms with Crippen LogP contribution in [0.15, 0.2) is 39.5 Å². The number of urea groups is 1. The lowest BCUT2D eigenvalue weighted by Gasteiger charge is -2.14. The van der Waals surface area contributed by atoms with E-state index in [-0.39, 0.29) is 11.4 Å². The van der Waals surface area contributed by atoms with Crippen LogP contribution in [0.4, 0.5) is 10.7 Å². The number of rotatable bonds is 2. The zero-order valence-electron chi connectivity index (χ0n) is 11.3. The highest BCUT2D eigenvalue weighted by molar-refractivity contribution is 6.04. The molecule has 0 bridgehead atoms. The van der Waals surface area contributed by atoms with Gasteiger partial charge in [-0.05, 0) is 29.7 Å². The minimum Gasteiger partial charge on any atom is -0.405 e. The lowest BCUT2D eigenvalue weighted by molar-refractivity contribution is -0.447. The number of nitrogens with zero attached hydrogens (tertiary/aromatic N) is 1. The summed E-state index contributed by atoms with van der Waals surface area (Å²) in [4.78, 5) is 34.9. The molecule has 0 spiro atoms. The summed E-state index contributed by atoms with van der Waals surface area (Å²) in [7, 11) is 0. The van der Waals surface area contributed by atoms with Crippen molar-refractivity contribution in [2.75, 3.05) is 5.32 Å². The average molecular weight is 296 g/mol. The number of imide groups is 1. The van der Waals surface area contributed by atoms with Crippen molar-refractivity contribution < 1.29 is 19.3 Å². The fourth-order valence-corrected chi connectivity index (χ4v) is 2.30. The number of quaternary nitrogens is 1. The lowest BCUT2D eigenvalue weighted by atomic mass is 9.99. The van der Waals surface area contributed by atoms with E-state index < -0.39 is 17.6 Å². The first kappa shape index (κ1) is 13.7. The number of hydrogen-bond acceptors (Lipinski definition) is 5. The van der Waals surface area contributed by atoms with Crippen LogP contribution in [0, 0.1) is 11.3 Å². The fraction of sp³-hybridized carbons (Fsp3) is 0.0667. The number of benzene rings is 1. The van der Waals surface area contributed by atoms with Crippen molar-refractivity contribution in [2.45, 2.75) is 6.42 Å². The molecule has 3 N–H and O–H groups in total. The van der Waals surface area contributed by atoms with Crippen LogP contribution < -0.4 is 16.3 Å². The summed E-state index contributed by atoms with van der Waals surface area (Å²) in [6.45, 7) is 0. The predicted octanol–water partition coefficient (Wildman–Crippen LogP) is 0.351. The number of hydrogen-bond donors (Lipinski definition) is 2. The molecule has 7 nitrogen and oxygen atoms in total. The van der Waals surface area contributed by atoms with Crippen LogP contribution in [0.25, 0.3) is 0 Å². The maximum atomic E-state index is 12.0. The number of anilines is 1. The molecule has 2 aromatic rings. The Morgan fingerprint density at radius 2 is 1.91 bits per heavy atom. The minimum atomic E-state index is -0.641. The zero-order chi connectivity index (χ0) is 15.7. The van der Waals surface area contributed by atoms with Crippen LogP contribution in [-0.2, 0) is 6.42 Å². The number of nitrogens with one attached hydrogen (secondary N) is 1. The third-order valence-electron chi connectivity index (χ3n) is 3.27. The van der Waals surface area contributed by atoms with Crippen LogP contribution in [-0.4, -0.2) is 11.9 Å². The Balaban J connectivity index is 2.03. The molecule has 0 fully saturated rings. The highest BCUT2D eigenvalue weighted by Crippen LogP contribution is 2.21. The number of nitriles is 1. The van der Waals surface area contributed by atoms with Crippen molar-refractivity contribution in [3.63, 3.8) is 0 Å². The van der Waals surface area contributed by atoms with E-state index in [0.29, 0.717) is 17.5 Å². The van der Waals surface area contributed by atoms with Gasteiger partial charge in [0.05, 0.1) is 11.6 Å². The quantitative estimate of drug-likeness (QED) is 0.829. The Kier molecular flexibility index (Phi) is 3.29. The number of fused-ring (bicyclic) bond motifs is 1. The highest BCUT2D eigenvalue weighted by atomic mass is 16.4.